The van der Waals surface area contributed by atoms with Gasteiger partial charge in [0.25, 0.3) is 0 Å². The maximum atomic E-state index is 12.5. The summed E-state index contributed by atoms with van der Waals surface area (Å²) in [5, 5.41) is 0. The first kappa shape index (κ1) is 24.6. The standard InChI is InChI=1S/C23H38O5/c1-5-6-9-12-18(26-2)15-16-20-19(21(24)17-22(20)27-3)13-10-7-8-11-14-23(25)28-4/h7,10,15-16,18-20,22H,5-6,8-9,11-14,17H2,1-4H3/b10-7-,16-15+/t18?,19-,20-,22?/m1/s1. The van der Waals surface area contributed by atoms with Gasteiger partial charge in [-0.3, -0.25) is 9.59 Å². The van der Waals surface area contributed by atoms with Crippen molar-refractivity contribution in [2.45, 2.75) is 76.9 Å². The Hall–Kier alpha value is -1.46. The Balaban J connectivity index is 2.60. The van der Waals surface area contributed by atoms with E-state index in [1.54, 1.807) is 14.2 Å². The van der Waals surface area contributed by atoms with E-state index in [4.69, 9.17) is 9.47 Å². The van der Waals surface area contributed by atoms with Crippen LogP contribution in [0.2, 0.25) is 0 Å². The SMILES string of the molecule is CCCCCC(/C=C/[C@H]1C(OC)CC(=O)[C@@H]1C/C=C\CCCC(=O)OC)OC. The predicted octanol–water partition coefficient (Wildman–Crippen LogP) is 4.65. The number of unbranched alkanes of at least 4 members (excludes halogenated alkanes) is 3. The van der Waals surface area contributed by atoms with Gasteiger partial charge < -0.3 is 14.2 Å². The number of carbonyl (C=O) groups is 2. The van der Waals surface area contributed by atoms with E-state index in [1.165, 1.54) is 20.0 Å². The van der Waals surface area contributed by atoms with Crippen molar-refractivity contribution >= 4 is 11.8 Å². The van der Waals surface area contributed by atoms with Crippen LogP contribution >= 0.6 is 0 Å². The maximum absolute atomic E-state index is 12.5. The molecule has 1 rings (SSSR count). The smallest absolute Gasteiger partial charge is 0.305 e. The second kappa shape index (κ2) is 14.5. The van der Waals surface area contributed by atoms with Crippen LogP contribution in [0.1, 0.15) is 64.7 Å². The molecule has 1 saturated carbocycles. The third-order valence-corrected chi connectivity index (χ3v) is 5.49. The Kier molecular flexibility index (Phi) is 12.8. The molecule has 0 aromatic rings. The highest BCUT2D eigenvalue weighted by Crippen LogP contribution is 2.35. The van der Waals surface area contributed by atoms with Crippen LogP contribution in [-0.2, 0) is 23.8 Å². The van der Waals surface area contributed by atoms with Crippen molar-refractivity contribution in [2.24, 2.45) is 11.8 Å². The van der Waals surface area contributed by atoms with Crippen LogP contribution in [0.5, 0.6) is 0 Å². The summed E-state index contributed by atoms with van der Waals surface area (Å²) in [6.07, 6.45) is 16.1. The molecule has 0 spiro atoms. The molecule has 1 aliphatic carbocycles. The highest BCUT2D eigenvalue weighted by Gasteiger charge is 2.40. The lowest BCUT2D eigenvalue weighted by Gasteiger charge is -2.20. The third-order valence-electron chi connectivity index (χ3n) is 5.49. The van der Waals surface area contributed by atoms with E-state index in [-0.39, 0.29) is 35.8 Å². The predicted molar refractivity (Wildman–Crippen MR) is 111 cm³/mol. The molecule has 0 radical (unpaired) electrons. The zero-order chi connectivity index (χ0) is 20.8. The summed E-state index contributed by atoms with van der Waals surface area (Å²) in [7, 11) is 4.82. The molecule has 160 valence electrons. The zero-order valence-corrected chi connectivity index (χ0v) is 18.0. The van der Waals surface area contributed by atoms with Gasteiger partial charge in [0.15, 0.2) is 0 Å². The number of rotatable bonds is 14. The normalized spacial score (nSPS) is 23.7. The number of hydrogen-bond donors (Lipinski definition) is 0. The number of Topliss-reactive ketones (excluding diaryl/α,β-unsaturated/α-hetero) is 1. The first-order valence-electron chi connectivity index (χ1n) is 10.6. The number of allylic oxidation sites excluding steroid dienone is 2. The van der Waals surface area contributed by atoms with Gasteiger partial charge in [-0.15, -0.1) is 0 Å². The van der Waals surface area contributed by atoms with E-state index < -0.39 is 0 Å². The minimum atomic E-state index is -0.181. The van der Waals surface area contributed by atoms with Gasteiger partial charge in [0.05, 0.1) is 19.3 Å². The van der Waals surface area contributed by atoms with Crippen molar-refractivity contribution in [2.75, 3.05) is 21.3 Å². The first-order valence-corrected chi connectivity index (χ1v) is 10.6. The summed E-state index contributed by atoms with van der Waals surface area (Å²) in [6, 6.07) is 0. The Morgan fingerprint density at radius 2 is 1.96 bits per heavy atom. The summed E-state index contributed by atoms with van der Waals surface area (Å²) in [6.45, 7) is 2.19. The fraction of sp³-hybridized carbons (Fsp3) is 0.739. The minimum absolute atomic E-state index is 0.0498. The van der Waals surface area contributed by atoms with Crippen LogP contribution in [0.3, 0.4) is 0 Å². The van der Waals surface area contributed by atoms with E-state index in [2.05, 4.69) is 36.0 Å². The highest BCUT2D eigenvalue weighted by molar-refractivity contribution is 5.84. The van der Waals surface area contributed by atoms with Gasteiger partial charge >= 0.3 is 5.97 Å². The van der Waals surface area contributed by atoms with Gasteiger partial charge in [0, 0.05) is 38.9 Å². The number of ether oxygens (including phenoxy) is 3. The summed E-state index contributed by atoms with van der Waals surface area (Å²) < 4.78 is 15.8. The monoisotopic (exact) mass is 394 g/mol. The average Bonchev–Trinajstić information content (AvgIpc) is 3.01. The topological polar surface area (TPSA) is 61.8 Å². The molecule has 0 aromatic heterocycles. The molecule has 28 heavy (non-hydrogen) atoms. The van der Waals surface area contributed by atoms with E-state index in [0.29, 0.717) is 19.3 Å². The first-order chi connectivity index (χ1) is 13.6. The summed E-state index contributed by atoms with van der Waals surface area (Å²) in [5.41, 5.74) is 0. The van der Waals surface area contributed by atoms with E-state index in [0.717, 1.165) is 25.7 Å². The lowest BCUT2D eigenvalue weighted by atomic mass is 9.90. The molecule has 1 aliphatic rings. The Morgan fingerprint density at radius 1 is 1.18 bits per heavy atom. The molecule has 4 atom stereocenters. The van der Waals surface area contributed by atoms with Crippen molar-refractivity contribution in [1.29, 1.82) is 0 Å². The van der Waals surface area contributed by atoms with Gasteiger partial charge in [-0.05, 0) is 25.7 Å². The zero-order valence-electron chi connectivity index (χ0n) is 18.0. The lowest BCUT2D eigenvalue weighted by Crippen LogP contribution is -2.20. The van der Waals surface area contributed by atoms with Crippen molar-refractivity contribution in [3.63, 3.8) is 0 Å². The van der Waals surface area contributed by atoms with Gasteiger partial charge in [0.1, 0.15) is 5.78 Å². The molecule has 0 aliphatic heterocycles. The summed E-state index contributed by atoms with van der Waals surface area (Å²) in [5.74, 6) is 0.118. The number of esters is 1. The second-order valence-electron chi connectivity index (χ2n) is 7.46. The molecule has 2 unspecified atom stereocenters. The van der Waals surface area contributed by atoms with Crippen LogP contribution in [0.15, 0.2) is 24.3 Å². The number of hydrogen-bond acceptors (Lipinski definition) is 5. The molecule has 1 fully saturated rings. The number of methoxy groups -OCH3 is 3. The Morgan fingerprint density at radius 3 is 2.61 bits per heavy atom. The molecule has 0 saturated heterocycles. The maximum Gasteiger partial charge on any atom is 0.305 e. The molecule has 0 aromatic carbocycles. The quantitative estimate of drug-likeness (QED) is 0.244. The van der Waals surface area contributed by atoms with Gasteiger partial charge in [-0.1, -0.05) is 50.5 Å². The lowest BCUT2D eigenvalue weighted by molar-refractivity contribution is -0.140. The van der Waals surface area contributed by atoms with Crippen molar-refractivity contribution in [3.8, 4) is 0 Å². The van der Waals surface area contributed by atoms with Crippen LogP contribution in [0.25, 0.3) is 0 Å². The molecule has 5 heteroatoms. The molecule has 0 heterocycles. The van der Waals surface area contributed by atoms with Crippen LogP contribution in [0.4, 0.5) is 0 Å². The number of ketones is 1. The third kappa shape index (κ3) is 8.70. The Bertz CT molecular complexity index is 511. The second-order valence-corrected chi connectivity index (χ2v) is 7.46. The van der Waals surface area contributed by atoms with Gasteiger partial charge in [0.2, 0.25) is 0 Å². The van der Waals surface area contributed by atoms with Crippen LogP contribution in [0, 0.1) is 11.8 Å². The molecular formula is C23H38O5. The highest BCUT2D eigenvalue weighted by atomic mass is 16.5. The van der Waals surface area contributed by atoms with Crippen LogP contribution < -0.4 is 0 Å². The van der Waals surface area contributed by atoms with E-state index >= 15 is 0 Å². The summed E-state index contributed by atoms with van der Waals surface area (Å²) in [4.78, 5) is 23.6. The average molecular weight is 395 g/mol. The largest absolute Gasteiger partial charge is 0.469 e. The molecular weight excluding hydrogens is 356 g/mol. The van der Waals surface area contributed by atoms with Gasteiger partial charge in [-0.2, -0.15) is 0 Å². The van der Waals surface area contributed by atoms with Crippen molar-refractivity contribution < 1.29 is 23.8 Å². The van der Waals surface area contributed by atoms with Crippen molar-refractivity contribution in [3.05, 3.63) is 24.3 Å². The Labute approximate surface area is 170 Å². The molecule has 0 amide bonds. The number of carbonyl (C=O) groups excluding carboxylic acids is 2. The van der Waals surface area contributed by atoms with Crippen molar-refractivity contribution in [1.82, 2.24) is 0 Å². The molecule has 0 N–H and O–H groups in total. The minimum Gasteiger partial charge on any atom is -0.469 e. The fourth-order valence-electron chi connectivity index (χ4n) is 3.71. The van der Waals surface area contributed by atoms with Gasteiger partial charge in [-0.25, -0.2) is 0 Å². The van der Waals surface area contributed by atoms with Crippen LogP contribution in [-0.4, -0.2) is 45.3 Å². The fourth-order valence-corrected chi connectivity index (χ4v) is 3.71. The van der Waals surface area contributed by atoms with E-state index in [9.17, 15) is 9.59 Å². The summed E-state index contributed by atoms with van der Waals surface area (Å²) >= 11 is 0. The van der Waals surface area contributed by atoms with E-state index in [1.807, 2.05) is 0 Å². The molecule has 0 bridgehead atoms. The molecule has 5 nitrogen and oxygen atoms in total.